The molecule has 0 fully saturated rings. The predicted octanol–water partition coefficient (Wildman–Crippen LogP) is -0.353. The Morgan fingerprint density at radius 1 is 1.29 bits per heavy atom. The van der Waals surface area contributed by atoms with Crippen molar-refractivity contribution in [1.82, 2.24) is 0 Å². The van der Waals surface area contributed by atoms with Gasteiger partial charge in [0, 0.05) is 6.54 Å². The minimum Gasteiger partial charge on any atom is -0.330 e. The molecule has 7 nitrogen and oxygen atoms in total. The smallest absolute Gasteiger partial charge is 0.273 e. The van der Waals surface area contributed by atoms with Gasteiger partial charge in [0.15, 0.2) is 0 Å². The summed E-state index contributed by atoms with van der Waals surface area (Å²) in [5.41, 5.74) is 10.6. The molecule has 0 bridgehead atoms. The number of nitrogens with two attached hydrogens (primary N) is 2. The lowest BCUT2D eigenvalue weighted by Gasteiger charge is -2.04. The molecule has 0 heterocycles. The van der Waals surface area contributed by atoms with Crippen molar-refractivity contribution in [2.45, 2.75) is 32.2 Å². The second-order valence-electron chi connectivity index (χ2n) is 3.00. The summed E-state index contributed by atoms with van der Waals surface area (Å²) in [5, 5.41) is 0. The number of nitrogens with zero attached hydrogens (tertiary/aromatic N) is 2. The van der Waals surface area contributed by atoms with Crippen LogP contribution in [0.25, 0.3) is 0 Å². The van der Waals surface area contributed by atoms with Gasteiger partial charge in [-0.3, -0.25) is 4.79 Å². The Morgan fingerprint density at radius 2 is 1.94 bits per heavy atom. The summed E-state index contributed by atoms with van der Waals surface area (Å²) in [6.45, 7) is 2.91. The number of isocyanates is 2. The lowest BCUT2D eigenvalue weighted by Crippen LogP contribution is -2.28. The van der Waals surface area contributed by atoms with E-state index in [2.05, 4.69) is 9.98 Å². The number of hydrogen-bond acceptors (Lipinski definition) is 6. The summed E-state index contributed by atoms with van der Waals surface area (Å²) in [6.07, 6.45) is 4.67. The van der Waals surface area contributed by atoms with Crippen LogP contribution in [-0.2, 0) is 14.4 Å². The highest BCUT2D eigenvalue weighted by atomic mass is 16.2. The van der Waals surface area contributed by atoms with E-state index in [0.29, 0.717) is 19.5 Å². The summed E-state index contributed by atoms with van der Waals surface area (Å²) in [5.74, 6) is -0.609. The molecule has 7 heteroatoms. The quantitative estimate of drug-likeness (QED) is 0.373. The first kappa shape index (κ1) is 17.7. The van der Waals surface area contributed by atoms with Crippen molar-refractivity contribution in [1.29, 1.82) is 0 Å². The van der Waals surface area contributed by atoms with Crippen LogP contribution in [0.5, 0.6) is 0 Å². The second-order valence-corrected chi connectivity index (χ2v) is 3.00. The SMILES string of the molecule is CCN=C=O.NCCCCC(N)C(=O)N=C=O. The molecule has 0 aromatic carbocycles. The van der Waals surface area contributed by atoms with Gasteiger partial charge in [-0.25, -0.2) is 14.6 Å². The zero-order valence-corrected chi connectivity index (χ0v) is 9.89. The summed E-state index contributed by atoms with van der Waals surface area (Å²) in [6, 6.07) is -0.682. The Balaban J connectivity index is 0. The van der Waals surface area contributed by atoms with Crippen LogP contribution in [0.2, 0.25) is 0 Å². The summed E-state index contributed by atoms with van der Waals surface area (Å²) in [4.78, 5) is 35.6. The van der Waals surface area contributed by atoms with Crippen LogP contribution in [0.1, 0.15) is 26.2 Å². The van der Waals surface area contributed by atoms with E-state index >= 15 is 0 Å². The van der Waals surface area contributed by atoms with Crippen molar-refractivity contribution >= 4 is 18.1 Å². The van der Waals surface area contributed by atoms with Crippen LogP contribution in [0.3, 0.4) is 0 Å². The highest BCUT2D eigenvalue weighted by Gasteiger charge is 2.10. The van der Waals surface area contributed by atoms with Gasteiger partial charge in [-0.15, -0.1) is 4.99 Å². The van der Waals surface area contributed by atoms with Crippen molar-refractivity contribution in [2.75, 3.05) is 13.1 Å². The molecule has 1 amide bonds. The summed E-state index contributed by atoms with van der Waals surface area (Å²) < 4.78 is 0. The third-order valence-electron chi connectivity index (χ3n) is 1.66. The van der Waals surface area contributed by atoms with E-state index in [1.807, 2.05) is 0 Å². The number of unbranched alkanes of at least 4 members (excludes halogenated alkanes) is 1. The first-order chi connectivity index (χ1) is 8.13. The van der Waals surface area contributed by atoms with Crippen molar-refractivity contribution < 1.29 is 14.4 Å². The van der Waals surface area contributed by atoms with Crippen LogP contribution in [0.15, 0.2) is 9.98 Å². The van der Waals surface area contributed by atoms with Gasteiger partial charge in [0.2, 0.25) is 12.2 Å². The molecule has 0 saturated carbocycles. The average molecular weight is 242 g/mol. The van der Waals surface area contributed by atoms with E-state index in [9.17, 15) is 9.59 Å². The van der Waals surface area contributed by atoms with Crippen molar-refractivity contribution in [3.05, 3.63) is 0 Å². The Hall–Kier alpha value is -1.65. The fourth-order valence-electron chi connectivity index (χ4n) is 0.825. The predicted molar refractivity (Wildman–Crippen MR) is 62.7 cm³/mol. The molecule has 0 aromatic heterocycles. The first-order valence-corrected chi connectivity index (χ1v) is 5.25. The second kappa shape index (κ2) is 14.3. The summed E-state index contributed by atoms with van der Waals surface area (Å²) in [7, 11) is 0. The molecule has 96 valence electrons. The molecule has 4 N–H and O–H groups in total. The van der Waals surface area contributed by atoms with E-state index in [1.54, 1.807) is 6.92 Å². The van der Waals surface area contributed by atoms with Crippen LogP contribution >= 0.6 is 0 Å². The van der Waals surface area contributed by atoms with E-state index in [1.165, 1.54) is 6.08 Å². The molecule has 0 radical (unpaired) electrons. The van der Waals surface area contributed by atoms with Crippen LogP contribution in [-0.4, -0.2) is 37.2 Å². The highest BCUT2D eigenvalue weighted by Crippen LogP contribution is 1.98. The largest absolute Gasteiger partial charge is 0.330 e. The van der Waals surface area contributed by atoms with Gasteiger partial charge in [-0.05, 0) is 26.3 Å². The minimum atomic E-state index is -0.682. The number of amides is 1. The Bertz CT molecular complexity index is 294. The molecule has 0 saturated heterocycles. The Labute approximate surface area is 100.0 Å². The van der Waals surface area contributed by atoms with E-state index < -0.39 is 11.9 Å². The normalized spacial score (nSPS) is 10.1. The molecular formula is C10H18N4O3. The van der Waals surface area contributed by atoms with Crippen molar-refractivity contribution in [3.8, 4) is 0 Å². The maximum absolute atomic E-state index is 10.8. The molecular weight excluding hydrogens is 224 g/mol. The molecule has 1 unspecified atom stereocenters. The van der Waals surface area contributed by atoms with Gasteiger partial charge in [0.05, 0.1) is 6.04 Å². The Kier molecular flexibility index (Phi) is 15.0. The average Bonchev–Trinajstić information content (AvgIpc) is 2.31. The third kappa shape index (κ3) is 14.4. The van der Waals surface area contributed by atoms with E-state index in [-0.39, 0.29) is 0 Å². The lowest BCUT2D eigenvalue weighted by molar-refractivity contribution is -0.119. The van der Waals surface area contributed by atoms with Gasteiger partial charge in [-0.2, -0.15) is 0 Å². The third-order valence-corrected chi connectivity index (χ3v) is 1.66. The van der Waals surface area contributed by atoms with E-state index in [0.717, 1.165) is 18.9 Å². The maximum atomic E-state index is 10.8. The topological polar surface area (TPSA) is 128 Å². The highest BCUT2D eigenvalue weighted by molar-refractivity contribution is 5.86. The van der Waals surface area contributed by atoms with Crippen molar-refractivity contribution in [2.24, 2.45) is 21.5 Å². The standard InChI is InChI=1S/C7H13N3O2.C3H5NO/c8-4-2-1-3-6(9)7(12)10-5-11;1-2-4-3-5/h6H,1-4,8-9H2;2H2,1H3. The van der Waals surface area contributed by atoms with Gasteiger partial charge >= 0.3 is 0 Å². The minimum absolute atomic E-state index is 0.515. The monoisotopic (exact) mass is 242 g/mol. The van der Waals surface area contributed by atoms with Crippen molar-refractivity contribution in [3.63, 3.8) is 0 Å². The molecule has 0 aliphatic carbocycles. The molecule has 0 aliphatic heterocycles. The fraction of sp³-hybridized carbons (Fsp3) is 0.700. The first-order valence-electron chi connectivity index (χ1n) is 5.25. The molecule has 0 rings (SSSR count). The van der Waals surface area contributed by atoms with Gasteiger partial charge in [-0.1, -0.05) is 6.42 Å². The van der Waals surface area contributed by atoms with Crippen LogP contribution < -0.4 is 11.5 Å². The summed E-state index contributed by atoms with van der Waals surface area (Å²) >= 11 is 0. The molecule has 17 heavy (non-hydrogen) atoms. The number of carbonyl (C=O) groups excluding carboxylic acids is 3. The van der Waals surface area contributed by atoms with Gasteiger partial charge < -0.3 is 11.5 Å². The molecule has 0 aliphatic rings. The zero-order chi connectivity index (χ0) is 13.5. The molecule has 1 atom stereocenters. The maximum Gasteiger partial charge on any atom is 0.273 e. The zero-order valence-electron chi connectivity index (χ0n) is 9.89. The Morgan fingerprint density at radius 3 is 2.29 bits per heavy atom. The molecule has 0 spiro atoms. The van der Waals surface area contributed by atoms with Crippen LogP contribution in [0, 0.1) is 0 Å². The fourth-order valence-corrected chi connectivity index (χ4v) is 0.825. The molecule has 0 aromatic rings. The number of hydrogen-bond donors (Lipinski definition) is 2. The van der Waals surface area contributed by atoms with Gasteiger partial charge in [0.1, 0.15) is 0 Å². The van der Waals surface area contributed by atoms with E-state index in [4.69, 9.17) is 16.3 Å². The number of carbonyl (C=O) groups is 1. The number of rotatable bonds is 6. The lowest BCUT2D eigenvalue weighted by atomic mass is 10.1. The van der Waals surface area contributed by atoms with Crippen LogP contribution in [0.4, 0.5) is 0 Å². The van der Waals surface area contributed by atoms with Gasteiger partial charge in [0.25, 0.3) is 5.91 Å². The number of aliphatic imine (C=N–C) groups is 2.